The van der Waals surface area contributed by atoms with E-state index in [0.29, 0.717) is 48.6 Å². The molecule has 0 aliphatic carbocycles. The normalized spacial score (nSPS) is 20.5. The second-order valence-electron chi connectivity index (χ2n) is 10.8. The number of alkyl halides is 3. The van der Waals surface area contributed by atoms with Gasteiger partial charge >= 0.3 is 6.18 Å². The van der Waals surface area contributed by atoms with Gasteiger partial charge in [0.2, 0.25) is 6.41 Å². The van der Waals surface area contributed by atoms with E-state index in [1.165, 1.54) is 6.07 Å². The Morgan fingerprint density at radius 2 is 2.02 bits per heavy atom. The summed E-state index contributed by atoms with van der Waals surface area (Å²) in [7, 11) is 1.99. The van der Waals surface area contributed by atoms with Crippen LogP contribution < -0.4 is 19.9 Å². The minimum atomic E-state index is -4.37. The number of hydrogen-bond acceptors (Lipinski definition) is 9. The van der Waals surface area contributed by atoms with Gasteiger partial charge in [0.05, 0.1) is 24.1 Å². The van der Waals surface area contributed by atoms with Gasteiger partial charge in [-0.25, -0.2) is 15.0 Å². The van der Waals surface area contributed by atoms with Gasteiger partial charge in [-0.3, -0.25) is 4.79 Å². The molecule has 0 saturated carbocycles. The molecule has 2 saturated heterocycles. The van der Waals surface area contributed by atoms with Crippen LogP contribution in [0.3, 0.4) is 0 Å². The number of aryl methyl sites for hydroxylation is 1. The number of fused-ring (bicyclic) bond motifs is 4. The third kappa shape index (κ3) is 6.57. The highest BCUT2D eigenvalue weighted by Gasteiger charge is 2.37. The number of halogens is 3. The topological polar surface area (TPSA) is 102 Å². The van der Waals surface area contributed by atoms with E-state index in [2.05, 4.69) is 30.1 Å². The lowest BCUT2D eigenvalue weighted by Crippen LogP contribution is -2.40. The summed E-state index contributed by atoms with van der Waals surface area (Å²) in [5, 5.41) is 2.45. The van der Waals surface area contributed by atoms with E-state index in [0.717, 1.165) is 48.8 Å². The van der Waals surface area contributed by atoms with Crippen molar-refractivity contribution < 1.29 is 32.2 Å². The molecule has 2 unspecified atom stereocenters. The van der Waals surface area contributed by atoms with Crippen LogP contribution in [0.2, 0.25) is 0 Å². The molecule has 42 heavy (non-hydrogen) atoms. The van der Waals surface area contributed by atoms with Gasteiger partial charge in [-0.05, 0) is 51.5 Å². The van der Waals surface area contributed by atoms with Gasteiger partial charge in [-0.2, -0.15) is 13.2 Å². The molecule has 1 N–H and O–H groups in total. The molecule has 2 aromatic heterocycles. The predicted octanol–water partition coefficient (Wildman–Crippen LogP) is 4.68. The second kappa shape index (κ2) is 11.7. The van der Waals surface area contributed by atoms with E-state index in [1.54, 1.807) is 24.4 Å². The third-order valence-corrected chi connectivity index (χ3v) is 7.30. The molecule has 224 valence electrons. The fraction of sp³-hybridized carbons (Fsp3) is 0.448. The molecule has 3 aliphatic heterocycles. The zero-order valence-corrected chi connectivity index (χ0v) is 23.8. The Hall–Kier alpha value is -3.97. The van der Waals surface area contributed by atoms with Crippen LogP contribution in [0.4, 0.5) is 30.5 Å². The third-order valence-electron chi connectivity index (χ3n) is 7.30. The van der Waals surface area contributed by atoms with Crippen molar-refractivity contribution in [3.63, 3.8) is 0 Å². The van der Waals surface area contributed by atoms with Crippen LogP contribution in [-0.2, 0) is 20.4 Å². The standard InChI is InChI=1S/C17H17F3N4.C12H16N2O4/c1-10-14-16(23(2)13-6-7-24(14)9-13)22-15(21-10)11-4-3-5-12(8-11)17(18,19)20;1-12(2)17-7-10(18-12)6-16-9-3-4-11(13-5-9)14-8-15/h3-5,8,13H,6-7,9H2,1-2H3;3-5,8,10H,6-7H2,1-2H3,(H,13,14,15). The predicted molar refractivity (Wildman–Crippen MR) is 151 cm³/mol. The van der Waals surface area contributed by atoms with Gasteiger partial charge in [-0.15, -0.1) is 0 Å². The first-order valence-corrected chi connectivity index (χ1v) is 13.6. The highest BCUT2D eigenvalue weighted by molar-refractivity contribution is 5.76. The van der Waals surface area contributed by atoms with E-state index in [1.807, 2.05) is 27.8 Å². The van der Waals surface area contributed by atoms with Crippen molar-refractivity contribution in [2.24, 2.45) is 0 Å². The summed E-state index contributed by atoms with van der Waals surface area (Å²) >= 11 is 0. The molecule has 2 bridgehead atoms. The van der Waals surface area contributed by atoms with Crippen molar-refractivity contribution in [1.29, 1.82) is 0 Å². The monoisotopic (exact) mass is 586 g/mol. The van der Waals surface area contributed by atoms with E-state index in [9.17, 15) is 18.0 Å². The lowest BCUT2D eigenvalue weighted by Gasteiger charge is -2.35. The maximum Gasteiger partial charge on any atom is 0.416 e. The molecule has 0 radical (unpaired) electrons. The number of carbonyl (C=O) groups is 1. The van der Waals surface area contributed by atoms with Crippen LogP contribution in [0.1, 0.15) is 31.5 Å². The Balaban J connectivity index is 0.000000176. The summed E-state index contributed by atoms with van der Waals surface area (Å²) in [6.07, 6.45) is -1.26. The van der Waals surface area contributed by atoms with Crippen molar-refractivity contribution >= 4 is 23.7 Å². The van der Waals surface area contributed by atoms with Crippen molar-refractivity contribution in [3.8, 4) is 17.1 Å². The molecular formula is C29H33F3N6O4. The minimum absolute atomic E-state index is 0.0761. The van der Waals surface area contributed by atoms with Gasteiger partial charge in [0.15, 0.2) is 17.4 Å². The van der Waals surface area contributed by atoms with Gasteiger partial charge < -0.3 is 29.3 Å². The lowest BCUT2D eigenvalue weighted by molar-refractivity contribution is -0.141. The first-order valence-electron chi connectivity index (χ1n) is 13.6. The Morgan fingerprint density at radius 1 is 1.21 bits per heavy atom. The Kier molecular flexibility index (Phi) is 8.24. The largest absolute Gasteiger partial charge is 0.489 e. The summed E-state index contributed by atoms with van der Waals surface area (Å²) in [5.41, 5.74) is 1.51. The number of pyridine rings is 1. The number of hydrogen-bond donors (Lipinski definition) is 1. The minimum Gasteiger partial charge on any atom is -0.489 e. The average Bonchev–Trinajstić information content (AvgIpc) is 3.55. The lowest BCUT2D eigenvalue weighted by atomic mass is 10.1. The van der Waals surface area contributed by atoms with Crippen LogP contribution in [0.15, 0.2) is 42.6 Å². The molecule has 3 aliphatic rings. The molecular weight excluding hydrogens is 553 g/mol. The van der Waals surface area contributed by atoms with Crippen LogP contribution in [-0.4, -0.2) is 72.6 Å². The number of anilines is 3. The Bertz CT molecular complexity index is 1420. The summed E-state index contributed by atoms with van der Waals surface area (Å²) in [4.78, 5) is 27.7. The van der Waals surface area contributed by atoms with Crippen LogP contribution in [0, 0.1) is 6.92 Å². The number of rotatable bonds is 6. The Labute approximate surface area is 241 Å². The van der Waals surface area contributed by atoms with E-state index < -0.39 is 17.5 Å². The maximum atomic E-state index is 13.0. The SMILES string of the molecule is CC1(C)OCC(COc2ccc(NC=O)nc2)O1.Cc1nc(-c2cccc(C(F)(F)F)c2)nc2c1N1CCC(C1)N2C. The molecule has 2 fully saturated rings. The van der Waals surface area contributed by atoms with Crippen LogP contribution in [0.25, 0.3) is 11.4 Å². The zero-order valence-electron chi connectivity index (χ0n) is 23.8. The van der Waals surface area contributed by atoms with Crippen molar-refractivity contribution in [2.45, 2.75) is 51.3 Å². The Morgan fingerprint density at radius 3 is 2.69 bits per heavy atom. The fourth-order valence-electron chi connectivity index (χ4n) is 5.21. The smallest absolute Gasteiger partial charge is 0.416 e. The molecule has 6 rings (SSSR count). The molecule has 2 atom stereocenters. The number of nitrogens with one attached hydrogen (secondary N) is 1. The average molecular weight is 587 g/mol. The number of carbonyl (C=O) groups excluding carboxylic acids is 1. The second-order valence-corrected chi connectivity index (χ2v) is 10.8. The number of amides is 1. The molecule has 1 aromatic carbocycles. The highest BCUT2D eigenvalue weighted by atomic mass is 19.4. The summed E-state index contributed by atoms with van der Waals surface area (Å²) < 4.78 is 55.4. The first kappa shape index (κ1) is 29.5. The highest BCUT2D eigenvalue weighted by Crippen LogP contribution is 2.41. The van der Waals surface area contributed by atoms with E-state index in [-0.39, 0.29) is 6.10 Å². The fourth-order valence-corrected chi connectivity index (χ4v) is 5.21. The molecule has 5 heterocycles. The number of aromatic nitrogens is 3. The molecule has 0 spiro atoms. The van der Waals surface area contributed by atoms with Crippen LogP contribution >= 0.6 is 0 Å². The quantitative estimate of drug-likeness (QED) is 0.413. The maximum absolute atomic E-state index is 13.0. The molecule has 3 aromatic rings. The number of benzene rings is 1. The number of nitrogens with zero attached hydrogens (tertiary/aromatic N) is 5. The molecule has 10 nitrogen and oxygen atoms in total. The number of likely N-dealkylation sites (N-methyl/N-ethyl adjacent to an activating group) is 1. The van der Waals surface area contributed by atoms with Gasteiger partial charge in [0, 0.05) is 31.7 Å². The van der Waals surface area contributed by atoms with Gasteiger partial charge in [0.1, 0.15) is 30.0 Å². The molecule has 1 amide bonds. The van der Waals surface area contributed by atoms with Crippen LogP contribution in [0.5, 0.6) is 5.75 Å². The summed E-state index contributed by atoms with van der Waals surface area (Å²) in [6.45, 7) is 8.48. The van der Waals surface area contributed by atoms with E-state index >= 15 is 0 Å². The summed E-state index contributed by atoms with van der Waals surface area (Å²) in [5.74, 6) is 1.72. The van der Waals surface area contributed by atoms with Gasteiger partial charge in [0.25, 0.3) is 0 Å². The first-order chi connectivity index (χ1) is 19.9. The number of ether oxygens (including phenoxy) is 3. The van der Waals surface area contributed by atoms with Gasteiger partial charge in [-0.1, -0.05) is 12.1 Å². The summed E-state index contributed by atoms with van der Waals surface area (Å²) in [6, 6.07) is 8.99. The van der Waals surface area contributed by atoms with Crippen molar-refractivity contribution in [1.82, 2.24) is 15.0 Å². The molecule has 13 heteroatoms. The van der Waals surface area contributed by atoms with E-state index in [4.69, 9.17) is 14.2 Å². The zero-order chi connectivity index (χ0) is 30.1. The van der Waals surface area contributed by atoms with Crippen molar-refractivity contribution in [3.05, 3.63) is 53.9 Å². The van der Waals surface area contributed by atoms with Crippen molar-refractivity contribution in [2.75, 3.05) is 48.5 Å².